The van der Waals surface area contributed by atoms with E-state index in [4.69, 9.17) is 4.74 Å². The van der Waals surface area contributed by atoms with Crippen molar-refractivity contribution in [3.05, 3.63) is 54.2 Å². The average molecular weight is 493 g/mol. The first-order chi connectivity index (χ1) is 17.0. The Morgan fingerprint density at radius 1 is 1.00 bits per heavy atom. The smallest absolute Gasteiger partial charge is 0.410 e. The summed E-state index contributed by atoms with van der Waals surface area (Å²) in [5.74, 6) is 0.971. The third-order valence-corrected chi connectivity index (χ3v) is 5.25. The molecule has 9 nitrogen and oxygen atoms in total. The second-order valence-electron chi connectivity index (χ2n) is 9.98. The van der Waals surface area contributed by atoms with Gasteiger partial charge in [-0.2, -0.15) is 4.98 Å². The molecule has 0 aliphatic carbocycles. The fourth-order valence-electron chi connectivity index (χ4n) is 3.40. The Morgan fingerprint density at radius 3 is 2.42 bits per heavy atom. The van der Waals surface area contributed by atoms with E-state index in [0.29, 0.717) is 31.0 Å². The van der Waals surface area contributed by atoms with E-state index in [1.165, 1.54) is 0 Å². The van der Waals surface area contributed by atoms with Crippen molar-refractivity contribution in [2.24, 2.45) is 0 Å². The van der Waals surface area contributed by atoms with Gasteiger partial charge in [0.1, 0.15) is 11.4 Å². The van der Waals surface area contributed by atoms with Gasteiger partial charge in [0.05, 0.1) is 5.69 Å². The molecule has 3 rings (SSSR count). The number of nitrogens with zero attached hydrogens (tertiary/aromatic N) is 3. The van der Waals surface area contributed by atoms with Gasteiger partial charge >= 0.3 is 12.1 Å². The topological polar surface area (TPSA) is 108 Å². The number of nitrogens with one attached hydrogen (secondary N) is 3. The standard InChI is InChI=1S/C27H36N6O3/c1-18(2)22-17-23(28-14-9-15-33(6)26(35)36-27(3,4)5)31-24(30-22)32-25(34)29-21-13-12-19-10-7-8-11-20(19)16-21/h7-8,10-13,16-18H,9,14-15H2,1-6H3,(H3,28,29,30,31,32,34). The van der Waals surface area contributed by atoms with Gasteiger partial charge in [0.15, 0.2) is 0 Å². The molecule has 9 heteroatoms. The Bertz CT molecular complexity index is 1210. The highest BCUT2D eigenvalue weighted by atomic mass is 16.6. The molecule has 0 unspecified atom stereocenters. The predicted octanol–water partition coefficient (Wildman–Crippen LogP) is 6.07. The van der Waals surface area contributed by atoms with Crippen molar-refractivity contribution in [1.29, 1.82) is 0 Å². The number of ether oxygens (including phenoxy) is 1. The zero-order chi connectivity index (χ0) is 26.3. The van der Waals surface area contributed by atoms with Crippen LogP contribution in [0.2, 0.25) is 0 Å². The van der Waals surface area contributed by atoms with Gasteiger partial charge in [0.25, 0.3) is 0 Å². The maximum absolute atomic E-state index is 12.6. The molecule has 0 radical (unpaired) electrons. The highest BCUT2D eigenvalue weighted by Gasteiger charge is 2.19. The molecule has 3 N–H and O–H groups in total. The van der Waals surface area contributed by atoms with Gasteiger partial charge < -0.3 is 20.3 Å². The number of hydrogen-bond acceptors (Lipinski definition) is 6. The van der Waals surface area contributed by atoms with Crippen LogP contribution in [0.15, 0.2) is 48.5 Å². The molecule has 2 aromatic carbocycles. The first-order valence-electron chi connectivity index (χ1n) is 12.1. The fraction of sp³-hybridized carbons (Fsp3) is 0.407. The number of urea groups is 1. The minimum atomic E-state index is -0.526. The Morgan fingerprint density at radius 2 is 1.72 bits per heavy atom. The van der Waals surface area contributed by atoms with E-state index in [1.54, 1.807) is 11.9 Å². The van der Waals surface area contributed by atoms with Crippen LogP contribution in [0, 0.1) is 0 Å². The van der Waals surface area contributed by atoms with Gasteiger partial charge in [0, 0.05) is 31.9 Å². The number of rotatable bonds is 8. The molecule has 3 amide bonds. The van der Waals surface area contributed by atoms with Crippen LogP contribution in [0.1, 0.15) is 52.7 Å². The number of amides is 3. The van der Waals surface area contributed by atoms with Crippen LogP contribution in [0.25, 0.3) is 10.8 Å². The maximum atomic E-state index is 12.6. The Labute approximate surface area is 212 Å². The predicted molar refractivity (Wildman–Crippen MR) is 145 cm³/mol. The molecule has 0 spiro atoms. The first-order valence-corrected chi connectivity index (χ1v) is 12.1. The van der Waals surface area contributed by atoms with Crippen molar-refractivity contribution in [1.82, 2.24) is 14.9 Å². The molecule has 1 aromatic heterocycles. The lowest BCUT2D eigenvalue weighted by Gasteiger charge is -2.24. The molecule has 1 heterocycles. The Balaban J connectivity index is 1.58. The molecule has 0 aliphatic heterocycles. The number of carbonyl (C=O) groups excluding carboxylic acids is 2. The number of benzene rings is 2. The SMILES string of the molecule is CC(C)c1cc(NCCCN(C)C(=O)OC(C)(C)C)nc(NC(=O)Nc2ccc3ccccc3c2)n1. The van der Waals surface area contributed by atoms with E-state index in [-0.39, 0.29) is 18.0 Å². The lowest BCUT2D eigenvalue weighted by atomic mass is 10.1. The zero-order valence-electron chi connectivity index (χ0n) is 21.9. The first kappa shape index (κ1) is 26.7. The summed E-state index contributed by atoms with van der Waals surface area (Å²) in [6.07, 6.45) is 0.345. The van der Waals surface area contributed by atoms with Crippen molar-refractivity contribution in [2.75, 3.05) is 36.1 Å². The third kappa shape index (κ3) is 8.11. The summed E-state index contributed by atoms with van der Waals surface area (Å²) < 4.78 is 5.37. The van der Waals surface area contributed by atoms with Crippen LogP contribution in [-0.4, -0.2) is 52.7 Å². The number of carbonyl (C=O) groups is 2. The van der Waals surface area contributed by atoms with Crippen molar-refractivity contribution in [3.8, 4) is 0 Å². The van der Waals surface area contributed by atoms with Gasteiger partial charge in [-0.1, -0.05) is 44.2 Å². The number of anilines is 3. The summed E-state index contributed by atoms with van der Waals surface area (Å²) in [6, 6.07) is 15.1. The molecular formula is C27H36N6O3. The van der Waals surface area contributed by atoms with E-state index < -0.39 is 11.6 Å². The number of aromatic nitrogens is 2. The van der Waals surface area contributed by atoms with Crippen molar-refractivity contribution in [3.63, 3.8) is 0 Å². The summed E-state index contributed by atoms with van der Waals surface area (Å²) in [5.41, 5.74) is 0.958. The van der Waals surface area contributed by atoms with Crippen LogP contribution < -0.4 is 16.0 Å². The molecule has 0 saturated carbocycles. The van der Waals surface area contributed by atoms with Crippen LogP contribution in [0.3, 0.4) is 0 Å². The molecule has 0 saturated heterocycles. The second-order valence-corrected chi connectivity index (χ2v) is 9.98. The molecular weight excluding hydrogens is 456 g/mol. The lowest BCUT2D eigenvalue weighted by molar-refractivity contribution is 0.0298. The normalized spacial score (nSPS) is 11.3. The van der Waals surface area contributed by atoms with Crippen molar-refractivity contribution in [2.45, 2.75) is 52.6 Å². The highest BCUT2D eigenvalue weighted by molar-refractivity contribution is 6.00. The van der Waals surface area contributed by atoms with Crippen molar-refractivity contribution < 1.29 is 14.3 Å². The Hall–Kier alpha value is -3.88. The summed E-state index contributed by atoms with van der Waals surface area (Å²) >= 11 is 0. The van der Waals surface area contributed by atoms with Gasteiger partial charge in [-0.25, -0.2) is 14.6 Å². The van der Waals surface area contributed by atoms with Gasteiger partial charge in [-0.05, 0) is 56.0 Å². The second kappa shape index (κ2) is 11.7. The molecule has 36 heavy (non-hydrogen) atoms. The van der Waals surface area contributed by atoms with Crippen LogP contribution in [-0.2, 0) is 4.74 Å². The minimum absolute atomic E-state index is 0.149. The fourth-order valence-corrected chi connectivity index (χ4v) is 3.40. The largest absolute Gasteiger partial charge is 0.444 e. The molecule has 3 aromatic rings. The zero-order valence-corrected chi connectivity index (χ0v) is 21.9. The molecule has 0 fully saturated rings. The molecule has 0 aliphatic rings. The van der Waals surface area contributed by atoms with Crippen LogP contribution >= 0.6 is 0 Å². The van der Waals surface area contributed by atoms with E-state index >= 15 is 0 Å². The van der Waals surface area contributed by atoms with Gasteiger partial charge in [-0.3, -0.25) is 5.32 Å². The molecule has 0 atom stereocenters. The lowest BCUT2D eigenvalue weighted by Crippen LogP contribution is -2.35. The summed E-state index contributed by atoms with van der Waals surface area (Å²) in [4.78, 5) is 35.2. The summed E-state index contributed by atoms with van der Waals surface area (Å²) in [5, 5.41) is 11.0. The summed E-state index contributed by atoms with van der Waals surface area (Å²) in [7, 11) is 1.71. The van der Waals surface area contributed by atoms with E-state index in [2.05, 4.69) is 25.9 Å². The van der Waals surface area contributed by atoms with Gasteiger partial charge in [-0.15, -0.1) is 0 Å². The minimum Gasteiger partial charge on any atom is -0.444 e. The molecule has 0 bridgehead atoms. The number of hydrogen-bond donors (Lipinski definition) is 3. The van der Waals surface area contributed by atoms with Crippen molar-refractivity contribution >= 4 is 40.4 Å². The molecule has 192 valence electrons. The van der Waals surface area contributed by atoms with E-state index in [1.807, 2.05) is 83.1 Å². The monoisotopic (exact) mass is 492 g/mol. The quantitative estimate of drug-likeness (QED) is 0.330. The van der Waals surface area contributed by atoms with Gasteiger partial charge in [0.2, 0.25) is 5.95 Å². The maximum Gasteiger partial charge on any atom is 0.410 e. The number of fused-ring (bicyclic) bond motifs is 1. The summed E-state index contributed by atoms with van der Waals surface area (Å²) in [6.45, 7) is 10.7. The van der Waals surface area contributed by atoms with E-state index in [0.717, 1.165) is 16.5 Å². The van der Waals surface area contributed by atoms with E-state index in [9.17, 15) is 9.59 Å². The van der Waals surface area contributed by atoms with Crippen LogP contribution in [0.4, 0.5) is 27.0 Å². The van der Waals surface area contributed by atoms with Crippen LogP contribution in [0.5, 0.6) is 0 Å². The average Bonchev–Trinajstić information content (AvgIpc) is 2.80. The third-order valence-electron chi connectivity index (χ3n) is 5.25. The highest BCUT2D eigenvalue weighted by Crippen LogP contribution is 2.20. The Kier molecular flexibility index (Phi) is 8.68.